The van der Waals surface area contributed by atoms with Crippen LogP contribution in [0.1, 0.15) is 35.5 Å². The number of nitrogens with one attached hydrogen (secondary N) is 2. The van der Waals surface area contributed by atoms with Gasteiger partial charge in [0.2, 0.25) is 0 Å². The molecule has 172 valence electrons. The molecule has 1 aromatic heterocycles. The molecule has 3 rings (SSSR count). The van der Waals surface area contributed by atoms with Gasteiger partial charge in [-0.3, -0.25) is 4.99 Å². The lowest BCUT2D eigenvalue weighted by Crippen LogP contribution is -2.38. The van der Waals surface area contributed by atoms with E-state index < -0.39 is 0 Å². The fourth-order valence-corrected chi connectivity index (χ4v) is 3.57. The van der Waals surface area contributed by atoms with Gasteiger partial charge in [0.05, 0.1) is 31.6 Å². The zero-order chi connectivity index (χ0) is 22.4. The number of aryl methyl sites for hydroxylation is 2. The Balaban J connectivity index is 0.00000363. The van der Waals surface area contributed by atoms with E-state index in [-0.39, 0.29) is 30.0 Å². The first-order valence-corrected chi connectivity index (χ1v) is 10.3. The van der Waals surface area contributed by atoms with Gasteiger partial charge in [0.25, 0.3) is 0 Å². The van der Waals surface area contributed by atoms with Crippen LogP contribution in [0.25, 0.3) is 5.69 Å². The molecule has 3 aromatic rings. The van der Waals surface area contributed by atoms with Gasteiger partial charge < -0.3 is 20.1 Å². The summed E-state index contributed by atoms with van der Waals surface area (Å²) in [4.78, 5) is 4.39. The smallest absolute Gasteiger partial charge is 0.191 e. The summed E-state index contributed by atoms with van der Waals surface area (Å²) in [5, 5.41) is 11.5. The number of benzene rings is 2. The van der Waals surface area contributed by atoms with Crippen LogP contribution in [0.4, 0.5) is 0 Å². The maximum absolute atomic E-state index is 5.52. The van der Waals surface area contributed by atoms with Crippen LogP contribution >= 0.6 is 24.0 Å². The van der Waals surface area contributed by atoms with E-state index in [1.54, 1.807) is 21.3 Å². The molecule has 1 heterocycles. The molecule has 0 bridgehead atoms. The van der Waals surface area contributed by atoms with Crippen molar-refractivity contribution in [2.24, 2.45) is 4.99 Å². The van der Waals surface area contributed by atoms with Crippen LogP contribution in [0.15, 0.2) is 53.5 Å². The van der Waals surface area contributed by atoms with Crippen molar-refractivity contribution in [1.82, 2.24) is 20.4 Å². The van der Waals surface area contributed by atoms with Gasteiger partial charge in [-0.05, 0) is 56.7 Å². The van der Waals surface area contributed by atoms with Crippen molar-refractivity contribution in [3.63, 3.8) is 0 Å². The molecule has 0 saturated heterocycles. The van der Waals surface area contributed by atoms with Gasteiger partial charge in [-0.15, -0.1) is 24.0 Å². The molecular weight excluding hydrogens is 517 g/mol. The Hall–Kier alpha value is -2.75. The minimum absolute atomic E-state index is 0. The predicted octanol–water partition coefficient (Wildman–Crippen LogP) is 4.55. The average Bonchev–Trinajstić information content (AvgIpc) is 3.13. The zero-order valence-electron chi connectivity index (χ0n) is 19.5. The zero-order valence-corrected chi connectivity index (χ0v) is 21.8. The Morgan fingerprint density at radius 2 is 1.84 bits per heavy atom. The number of hydrogen-bond donors (Lipinski definition) is 2. The van der Waals surface area contributed by atoms with Gasteiger partial charge in [0.15, 0.2) is 5.96 Å². The van der Waals surface area contributed by atoms with Gasteiger partial charge >= 0.3 is 0 Å². The van der Waals surface area contributed by atoms with E-state index in [2.05, 4.69) is 52.8 Å². The maximum atomic E-state index is 5.52. The molecule has 0 radical (unpaired) electrons. The fourth-order valence-electron chi connectivity index (χ4n) is 3.57. The molecule has 0 amide bonds. The average molecular weight is 549 g/mol. The van der Waals surface area contributed by atoms with Crippen molar-refractivity contribution in [2.45, 2.75) is 33.4 Å². The molecule has 8 heteroatoms. The molecule has 0 fully saturated rings. The van der Waals surface area contributed by atoms with E-state index in [0.29, 0.717) is 12.5 Å². The first-order valence-electron chi connectivity index (χ1n) is 10.3. The molecule has 32 heavy (non-hydrogen) atoms. The quantitative estimate of drug-likeness (QED) is 0.257. The molecule has 0 spiro atoms. The minimum Gasteiger partial charge on any atom is -0.497 e. The van der Waals surface area contributed by atoms with Crippen LogP contribution in [0, 0.1) is 13.8 Å². The summed E-state index contributed by atoms with van der Waals surface area (Å²) in [5.74, 6) is 2.28. The summed E-state index contributed by atoms with van der Waals surface area (Å²) in [6.45, 7) is 6.74. The lowest BCUT2D eigenvalue weighted by molar-refractivity contribution is 0.394. The third-order valence-electron chi connectivity index (χ3n) is 5.16. The number of aliphatic imine (C=N–C) groups is 1. The Labute approximate surface area is 207 Å². The summed E-state index contributed by atoms with van der Waals surface area (Å²) >= 11 is 0. The third-order valence-corrected chi connectivity index (χ3v) is 5.16. The summed E-state index contributed by atoms with van der Waals surface area (Å²) < 4.78 is 12.9. The highest BCUT2D eigenvalue weighted by molar-refractivity contribution is 14.0. The molecule has 0 aliphatic rings. The van der Waals surface area contributed by atoms with Crippen LogP contribution in [-0.4, -0.2) is 37.0 Å². The van der Waals surface area contributed by atoms with E-state index in [9.17, 15) is 0 Å². The van der Waals surface area contributed by atoms with Crippen molar-refractivity contribution in [3.05, 3.63) is 71.0 Å². The van der Waals surface area contributed by atoms with Gasteiger partial charge in [-0.25, -0.2) is 4.68 Å². The number of aromatic nitrogens is 2. The number of guanidine groups is 1. The number of methoxy groups -OCH3 is 2. The van der Waals surface area contributed by atoms with Crippen LogP contribution in [0.5, 0.6) is 11.5 Å². The van der Waals surface area contributed by atoms with Crippen LogP contribution in [0.3, 0.4) is 0 Å². The van der Waals surface area contributed by atoms with Gasteiger partial charge in [-0.2, -0.15) is 5.10 Å². The molecule has 2 aromatic carbocycles. The molecule has 7 nitrogen and oxygen atoms in total. The SMILES string of the molecule is CN=C(NCc1ccccc1-n1nc(C)cc1C)NC(C)c1cc(OC)ccc1OC.I. The first-order chi connectivity index (χ1) is 15.0. The first kappa shape index (κ1) is 25.5. The molecular formula is C24H32IN5O2. The normalized spacial score (nSPS) is 12.0. The largest absolute Gasteiger partial charge is 0.497 e. The van der Waals surface area contributed by atoms with Crippen LogP contribution in [-0.2, 0) is 6.54 Å². The van der Waals surface area contributed by atoms with Crippen molar-refractivity contribution < 1.29 is 9.47 Å². The Kier molecular flexibility index (Phi) is 9.37. The molecule has 1 atom stereocenters. The molecule has 0 aliphatic heterocycles. The lowest BCUT2D eigenvalue weighted by Gasteiger charge is -2.21. The van der Waals surface area contributed by atoms with Gasteiger partial charge in [-0.1, -0.05) is 18.2 Å². The summed E-state index contributed by atoms with van der Waals surface area (Å²) in [6, 6.07) is 16.0. The van der Waals surface area contributed by atoms with Crippen molar-refractivity contribution in [3.8, 4) is 17.2 Å². The summed E-state index contributed by atoms with van der Waals surface area (Å²) in [6.07, 6.45) is 0. The fraction of sp³-hybridized carbons (Fsp3) is 0.333. The maximum Gasteiger partial charge on any atom is 0.191 e. The van der Waals surface area contributed by atoms with E-state index >= 15 is 0 Å². The second-order valence-electron chi connectivity index (χ2n) is 7.37. The highest BCUT2D eigenvalue weighted by Crippen LogP contribution is 2.29. The van der Waals surface area contributed by atoms with Crippen LogP contribution < -0.4 is 20.1 Å². The van der Waals surface area contributed by atoms with Crippen LogP contribution in [0.2, 0.25) is 0 Å². The number of nitrogens with zero attached hydrogens (tertiary/aromatic N) is 3. The second-order valence-corrected chi connectivity index (χ2v) is 7.37. The molecule has 1 unspecified atom stereocenters. The van der Waals surface area contributed by atoms with E-state index in [1.165, 1.54) is 0 Å². The van der Waals surface area contributed by atoms with E-state index in [4.69, 9.17) is 9.47 Å². The van der Waals surface area contributed by atoms with Crippen molar-refractivity contribution in [1.29, 1.82) is 0 Å². The number of para-hydroxylation sites is 1. The minimum atomic E-state index is -0.0393. The van der Waals surface area contributed by atoms with E-state index in [0.717, 1.165) is 39.7 Å². The van der Waals surface area contributed by atoms with Gasteiger partial charge in [0, 0.05) is 24.8 Å². The predicted molar refractivity (Wildman–Crippen MR) is 140 cm³/mol. The second kappa shape index (κ2) is 11.8. The highest BCUT2D eigenvalue weighted by atomic mass is 127. The Morgan fingerprint density at radius 1 is 1.09 bits per heavy atom. The molecule has 2 N–H and O–H groups in total. The van der Waals surface area contributed by atoms with Crippen molar-refractivity contribution >= 4 is 29.9 Å². The Bertz CT molecular complexity index is 1060. The highest BCUT2D eigenvalue weighted by Gasteiger charge is 2.15. The number of halogens is 1. The van der Waals surface area contributed by atoms with E-state index in [1.807, 2.05) is 41.9 Å². The topological polar surface area (TPSA) is 72.7 Å². The summed E-state index contributed by atoms with van der Waals surface area (Å²) in [7, 11) is 5.09. The Morgan fingerprint density at radius 3 is 2.47 bits per heavy atom. The standard InChI is InChI=1S/C24H31N5O2.HI/c1-16-13-17(2)29(28-16)22-10-8-7-9-19(22)15-26-24(25-4)27-18(3)21-14-20(30-5)11-12-23(21)31-6;/h7-14,18H,15H2,1-6H3,(H2,25,26,27);1H. The summed E-state index contributed by atoms with van der Waals surface area (Å²) in [5.41, 5.74) is 5.28. The molecule has 0 aliphatic carbocycles. The monoisotopic (exact) mass is 549 g/mol. The third kappa shape index (κ3) is 5.93. The lowest BCUT2D eigenvalue weighted by atomic mass is 10.1. The number of ether oxygens (including phenoxy) is 2. The van der Waals surface area contributed by atoms with Gasteiger partial charge in [0.1, 0.15) is 11.5 Å². The van der Waals surface area contributed by atoms with Crippen molar-refractivity contribution in [2.75, 3.05) is 21.3 Å². The molecule has 0 saturated carbocycles. The number of hydrogen-bond acceptors (Lipinski definition) is 4. The number of rotatable bonds is 7.